The van der Waals surface area contributed by atoms with Gasteiger partial charge < -0.3 is 26.0 Å². The molecule has 6 N–H and O–H groups in total. The van der Waals surface area contributed by atoms with Gasteiger partial charge in [-0.3, -0.25) is 32.4 Å². The highest BCUT2D eigenvalue weighted by Gasteiger charge is 2.52. The van der Waals surface area contributed by atoms with Crippen LogP contribution in [0.15, 0.2) is 31.0 Å². The number of alkyl halides is 1. The molecule has 6 rings (SSSR count). The first-order valence-electron chi connectivity index (χ1n) is 12.7. The monoisotopic (exact) mass is 629 g/mol. The van der Waals surface area contributed by atoms with Gasteiger partial charge in [-0.15, -0.1) is 0 Å². The lowest BCUT2D eigenvalue weighted by Crippen LogP contribution is -2.40. The molecule has 2 aliphatic heterocycles. The molecule has 17 nitrogen and oxygen atoms in total. The highest BCUT2D eigenvalue weighted by Crippen LogP contribution is 2.56. The van der Waals surface area contributed by atoms with Crippen LogP contribution >= 0.6 is 15.6 Å². The highest BCUT2D eigenvalue weighted by atomic mass is 31.2. The third-order valence-corrected chi connectivity index (χ3v) is 9.55. The molecule has 3 fully saturated rings. The zero-order valence-corrected chi connectivity index (χ0v) is 23.4. The van der Waals surface area contributed by atoms with Gasteiger partial charge in [-0.05, 0) is 41.9 Å². The summed E-state index contributed by atoms with van der Waals surface area (Å²) in [6.45, 7) is -1.37. The van der Waals surface area contributed by atoms with Gasteiger partial charge in [-0.25, -0.2) is 28.5 Å². The van der Waals surface area contributed by atoms with E-state index in [-0.39, 0.29) is 41.8 Å². The van der Waals surface area contributed by atoms with E-state index in [1.807, 2.05) is 0 Å². The largest absolute Gasteiger partial charge is 0.472 e. The van der Waals surface area contributed by atoms with Gasteiger partial charge in [0, 0.05) is 6.20 Å². The standard InChI is InChI=1S/C22H26FN7O10P2/c23-16-18-15(39-22(16)30-9-29-17-19(24)27-8-28-21(17)30)7-38-41(32,33)37-6-13-11(5-36-42(34,35)40-18)3-12(13)10-1-2-26-14(4-10)20(25)31/h1-2,4,8-9,11-13,15-16,18,22H,3,5-7H2,(H2,25,31)(H,32,33)(H,34,35)(H2,24,27,28)/t11?,12-,13+,15+,16+,18+,22+/m0/s1. The topological polar surface area (TPSA) is 246 Å². The number of ether oxygens (including phenoxy) is 1. The highest BCUT2D eigenvalue weighted by molar-refractivity contribution is 7.47. The third kappa shape index (κ3) is 5.57. The number of carbonyl (C=O) groups excluding carboxylic acids is 1. The van der Waals surface area contributed by atoms with Crippen LogP contribution in [0.25, 0.3) is 11.2 Å². The van der Waals surface area contributed by atoms with Gasteiger partial charge in [0.1, 0.15) is 29.7 Å². The number of halogens is 1. The number of nitrogens with zero attached hydrogens (tertiary/aromatic N) is 5. The van der Waals surface area contributed by atoms with E-state index in [4.69, 9.17) is 34.3 Å². The predicted molar refractivity (Wildman–Crippen MR) is 138 cm³/mol. The van der Waals surface area contributed by atoms with Gasteiger partial charge in [0.15, 0.2) is 23.9 Å². The number of hydrogen-bond donors (Lipinski definition) is 4. The quantitative estimate of drug-likeness (QED) is 0.297. The number of aromatic nitrogens is 5. The molecule has 42 heavy (non-hydrogen) atoms. The number of imidazole rings is 1. The molecule has 9 atom stereocenters. The Bertz CT molecular complexity index is 1610. The maximum absolute atomic E-state index is 15.8. The zero-order chi connectivity index (χ0) is 29.8. The predicted octanol–water partition coefficient (Wildman–Crippen LogP) is 1.21. The first-order valence-corrected chi connectivity index (χ1v) is 15.7. The molecule has 3 aromatic rings. The van der Waals surface area contributed by atoms with Crippen LogP contribution in [0.4, 0.5) is 10.2 Å². The van der Waals surface area contributed by atoms with Gasteiger partial charge in [0.2, 0.25) is 0 Å². The van der Waals surface area contributed by atoms with Crippen molar-refractivity contribution in [2.75, 3.05) is 25.6 Å². The van der Waals surface area contributed by atoms with Crippen molar-refractivity contribution < 1.29 is 50.9 Å². The SMILES string of the molecule is NC(=O)c1cc([C@@H]2CC3COP(=O)(O)O[C@H]4[C@@H](F)[C@H](n5cnc6c(N)ncnc65)O[C@@H]4COP(=O)(O)OC[C@H]32)ccn1. The van der Waals surface area contributed by atoms with Crippen molar-refractivity contribution in [3.05, 3.63) is 42.2 Å². The fourth-order valence-electron chi connectivity index (χ4n) is 5.44. The van der Waals surface area contributed by atoms with Crippen molar-refractivity contribution in [2.24, 2.45) is 17.6 Å². The average Bonchev–Trinajstić information content (AvgIpc) is 3.48. The molecule has 3 unspecified atom stereocenters. The minimum absolute atomic E-state index is 0.0346. The second kappa shape index (κ2) is 11.0. The molecule has 0 aromatic carbocycles. The number of nitrogens with two attached hydrogens (primary N) is 2. The van der Waals surface area contributed by atoms with E-state index in [2.05, 4.69) is 19.9 Å². The minimum Gasteiger partial charge on any atom is -0.382 e. The molecule has 0 radical (unpaired) electrons. The van der Waals surface area contributed by atoms with E-state index in [1.165, 1.54) is 23.2 Å². The fourth-order valence-corrected chi connectivity index (χ4v) is 7.21. The van der Waals surface area contributed by atoms with Crippen LogP contribution in [0.3, 0.4) is 0 Å². The zero-order valence-electron chi connectivity index (χ0n) is 21.6. The summed E-state index contributed by atoms with van der Waals surface area (Å²) in [6, 6.07) is 3.16. The van der Waals surface area contributed by atoms with E-state index >= 15 is 4.39 Å². The first kappa shape index (κ1) is 29.2. The van der Waals surface area contributed by atoms with Crippen LogP contribution in [0.2, 0.25) is 0 Å². The van der Waals surface area contributed by atoms with E-state index in [0.717, 1.165) is 6.33 Å². The number of phosphoric ester groups is 2. The number of carbonyl (C=O) groups is 1. The molecule has 1 aliphatic carbocycles. The number of fused-ring (bicyclic) bond motifs is 3. The Labute approximate surface area is 236 Å². The van der Waals surface area contributed by atoms with Crippen LogP contribution in [-0.2, 0) is 32.0 Å². The van der Waals surface area contributed by atoms with Gasteiger partial charge in [-0.2, -0.15) is 0 Å². The van der Waals surface area contributed by atoms with E-state index in [0.29, 0.717) is 12.0 Å². The summed E-state index contributed by atoms with van der Waals surface area (Å²) in [4.78, 5) is 48.4. The normalized spacial score (nSPS) is 37.5. The Morgan fingerprint density at radius 3 is 2.62 bits per heavy atom. The average molecular weight is 629 g/mol. The first-order chi connectivity index (χ1) is 19.9. The van der Waals surface area contributed by atoms with Crippen LogP contribution < -0.4 is 11.5 Å². The van der Waals surface area contributed by atoms with Crippen molar-refractivity contribution in [1.82, 2.24) is 24.5 Å². The Kier molecular flexibility index (Phi) is 7.62. The molecule has 1 amide bonds. The molecule has 5 heterocycles. The second-order valence-corrected chi connectivity index (χ2v) is 13.0. The van der Waals surface area contributed by atoms with Gasteiger partial charge >= 0.3 is 15.6 Å². The number of nitrogen functional groups attached to an aromatic ring is 1. The maximum atomic E-state index is 15.8. The Morgan fingerprint density at radius 1 is 1.07 bits per heavy atom. The number of hydrogen-bond acceptors (Lipinski definition) is 13. The molecule has 3 aromatic heterocycles. The summed E-state index contributed by atoms with van der Waals surface area (Å²) in [5.41, 5.74) is 12.1. The lowest BCUT2D eigenvalue weighted by atomic mass is 9.63. The molecule has 226 valence electrons. The van der Waals surface area contributed by atoms with E-state index in [9.17, 15) is 23.7 Å². The van der Waals surface area contributed by atoms with E-state index < -0.39 is 64.6 Å². The molecule has 20 heteroatoms. The Balaban J connectivity index is 1.24. The number of pyridine rings is 1. The van der Waals surface area contributed by atoms with Crippen LogP contribution in [0, 0.1) is 11.8 Å². The number of primary amides is 1. The minimum atomic E-state index is -4.88. The number of anilines is 1. The van der Waals surface area contributed by atoms with Gasteiger partial charge in [0.05, 0.1) is 26.1 Å². The third-order valence-electron chi connectivity index (χ3n) is 7.61. The number of amides is 1. The van der Waals surface area contributed by atoms with Crippen LogP contribution in [0.5, 0.6) is 0 Å². The van der Waals surface area contributed by atoms with Crippen molar-refractivity contribution in [3.8, 4) is 0 Å². The summed E-state index contributed by atoms with van der Waals surface area (Å²) in [7, 11) is -9.61. The van der Waals surface area contributed by atoms with Crippen molar-refractivity contribution in [2.45, 2.75) is 36.9 Å². The molecule has 0 bridgehead atoms. The Morgan fingerprint density at radius 2 is 1.83 bits per heavy atom. The van der Waals surface area contributed by atoms with Crippen LogP contribution in [0.1, 0.15) is 34.6 Å². The molecular formula is C22H26FN7O10P2. The Hall–Kier alpha value is -2.92. The number of rotatable bonds is 3. The summed E-state index contributed by atoms with van der Waals surface area (Å²) >= 11 is 0. The lowest BCUT2D eigenvalue weighted by molar-refractivity contribution is -0.0465. The smallest absolute Gasteiger partial charge is 0.382 e. The van der Waals surface area contributed by atoms with Crippen LogP contribution in [-0.4, -0.2) is 78.4 Å². The maximum Gasteiger partial charge on any atom is 0.472 e. The summed E-state index contributed by atoms with van der Waals surface area (Å²) < 4.78 is 69.4. The summed E-state index contributed by atoms with van der Waals surface area (Å²) in [5.74, 6) is -1.90. The molecule has 1 saturated carbocycles. The fraction of sp³-hybridized carbons (Fsp3) is 0.500. The second-order valence-electron chi connectivity index (χ2n) is 10.1. The summed E-state index contributed by atoms with van der Waals surface area (Å²) in [6.07, 6.45) is -2.67. The number of phosphoric acid groups is 2. The lowest BCUT2D eigenvalue weighted by Gasteiger charge is -2.45. The van der Waals surface area contributed by atoms with Crippen molar-refractivity contribution >= 4 is 38.5 Å². The van der Waals surface area contributed by atoms with Crippen molar-refractivity contribution in [1.29, 1.82) is 0 Å². The van der Waals surface area contributed by atoms with E-state index in [1.54, 1.807) is 6.07 Å². The molecular weight excluding hydrogens is 603 g/mol. The van der Waals surface area contributed by atoms with Gasteiger partial charge in [-0.1, -0.05) is 0 Å². The molecule has 2 saturated heterocycles. The molecule has 3 aliphatic rings. The van der Waals surface area contributed by atoms with Gasteiger partial charge in [0.25, 0.3) is 5.91 Å². The van der Waals surface area contributed by atoms with Crippen molar-refractivity contribution in [3.63, 3.8) is 0 Å². The summed E-state index contributed by atoms with van der Waals surface area (Å²) in [5, 5.41) is 0. The molecule has 0 spiro atoms.